The van der Waals surface area contributed by atoms with E-state index in [1.807, 2.05) is 0 Å². The first kappa shape index (κ1) is 13.6. The first-order valence-corrected chi connectivity index (χ1v) is 6.07. The summed E-state index contributed by atoms with van der Waals surface area (Å²) in [5.74, 6) is -0.729. The molecule has 0 aliphatic heterocycles. The summed E-state index contributed by atoms with van der Waals surface area (Å²) in [6.07, 6.45) is 0. The SMILES string of the molecule is COc1cc(F)c(C(=O)c2ccc(Br)o2)cc1OC. The van der Waals surface area contributed by atoms with Crippen LogP contribution in [0.4, 0.5) is 4.39 Å². The van der Waals surface area contributed by atoms with Crippen molar-refractivity contribution in [1.82, 2.24) is 0 Å². The van der Waals surface area contributed by atoms with Crippen LogP contribution in [0.1, 0.15) is 16.1 Å². The maximum atomic E-state index is 13.9. The number of methoxy groups -OCH3 is 2. The molecule has 0 unspecified atom stereocenters. The summed E-state index contributed by atoms with van der Waals surface area (Å²) in [4.78, 5) is 12.1. The highest BCUT2D eigenvalue weighted by molar-refractivity contribution is 9.10. The quantitative estimate of drug-likeness (QED) is 0.807. The van der Waals surface area contributed by atoms with Crippen molar-refractivity contribution in [3.8, 4) is 11.5 Å². The molecule has 6 heteroatoms. The summed E-state index contributed by atoms with van der Waals surface area (Å²) in [6, 6.07) is 5.41. The molecule has 19 heavy (non-hydrogen) atoms. The highest BCUT2D eigenvalue weighted by Gasteiger charge is 2.20. The number of benzene rings is 1. The molecule has 0 aliphatic carbocycles. The van der Waals surface area contributed by atoms with Crippen molar-refractivity contribution < 1.29 is 23.1 Å². The van der Waals surface area contributed by atoms with Gasteiger partial charge in [-0.05, 0) is 34.1 Å². The van der Waals surface area contributed by atoms with Crippen LogP contribution in [0, 0.1) is 5.82 Å². The van der Waals surface area contributed by atoms with Gasteiger partial charge < -0.3 is 13.9 Å². The van der Waals surface area contributed by atoms with Gasteiger partial charge in [-0.25, -0.2) is 4.39 Å². The Kier molecular flexibility index (Phi) is 3.90. The predicted molar refractivity (Wildman–Crippen MR) is 69.3 cm³/mol. The third kappa shape index (κ3) is 2.63. The van der Waals surface area contributed by atoms with Crippen LogP contribution in [0.5, 0.6) is 11.5 Å². The molecule has 0 atom stereocenters. The van der Waals surface area contributed by atoms with Crippen LogP contribution in [-0.4, -0.2) is 20.0 Å². The smallest absolute Gasteiger partial charge is 0.231 e. The molecule has 0 amide bonds. The minimum absolute atomic E-state index is 0.0398. The summed E-state index contributed by atoms with van der Waals surface area (Å²) in [5, 5.41) is 0. The lowest BCUT2D eigenvalue weighted by Crippen LogP contribution is -2.04. The van der Waals surface area contributed by atoms with Gasteiger partial charge in [0.25, 0.3) is 0 Å². The minimum Gasteiger partial charge on any atom is -0.493 e. The number of carbonyl (C=O) groups is 1. The first-order valence-electron chi connectivity index (χ1n) is 5.28. The number of halogens is 2. The number of carbonyl (C=O) groups excluding carboxylic acids is 1. The second kappa shape index (κ2) is 5.44. The Labute approximate surface area is 117 Å². The fraction of sp³-hybridized carbons (Fsp3) is 0.154. The second-order valence-corrected chi connectivity index (χ2v) is 4.40. The van der Waals surface area contributed by atoms with E-state index in [0.717, 1.165) is 6.07 Å². The number of rotatable bonds is 4. The molecule has 4 nitrogen and oxygen atoms in total. The zero-order chi connectivity index (χ0) is 14.0. The van der Waals surface area contributed by atoms with Crippen molar-refractivity contribution >= 4 is 21.7 Å². The lowest BCUT2D eigenvalue weighted by molar-refractivity contribution is 0.100. The van der Waals surface area contributed by atoms with E-state index in [2.05, 4.69) is 15.9 Å². The van der Waals surface area contributed by atoms with Crippen LogP contribution in [0.15, 0.2) is 33.4 Å². The van der Waals surface area contributed by atoms with Crippen molar-refractivity contribution in [1.29, 1.82) is 0 Å². The molecule has 0 saturated carbocycles. The Morgan fingerprint density at radius 1 is 1.21 bits per heavy atom. The van der Waals surface area contributed by atoms with Crippen molar-refractivity contribution in [2.24, 2.45) is 0 Å². The summed E-state index contributed by atoms with van der Waals surface area (Å²) >= 11 is 3.09. The van der Waals surface area contributed by atoms with E-state index in [0.29, 0.717) is 4.67 Å². The van der Waals surface area contributed by atoms with Crippen molar-refractivity contribution in [2.75, 3.05) is 14.2 Å². The van der Waals surface area contributed by atoms with E-state index >= 15 is 0 Å². The van der Waals surface area contributed by atoms with Crippen LogP contribution in [0.3, 0.4) is 0 Å². The van der Waals surface area contributed by atoms with E-state index < -0.39 is 11.6 Å². The lowest BCUT2D eigenvalue weighted by Gasteiger charge is -2.09. The molecule has 0 aliphatic rings. The number of hydrogen-bond acceptors (Lipinski definition) is 4. The summed E-state index contributed by atoms with van der Waals surface area (Å²) in [7, 11) is 2.80. The lowest BCUT2D eigenvalue weighted by atomic mass is 10.1. The number of ketones is 1. The molecule has 0 saturated heterocycles. The third-order valence-electron chi connectivity index (χ3n) is 2.51. The van der Waals surface area contributed by atoms with E-state index in [1.54, 1.807) is 6.07 Å². The maximum Gasteiger partial charge on any atom is 0.231 e. The molecule has 0 radical (unpaired) electrons. The molecule has 0 fully saturated rings. The van der Waals surface area contributed by atoms with Gasteiger partial charge in [-0.2, -0.15) is 0 Å². The third-order valence-corrected chi connectivity index (χ3v) is 2.94. The summed E-state index contributed by atoms with van der Waals surface area (Å²) < 4.78 is 29.4. The van der Waals surface area contributed by atoms with Gasteiger partial charge in [-0.1, -0.05) is 0 Å². The number of hydrogen-bond donors (Lipinski definition) is 0. The zero-order valence-corrected chi connectivity index (χ0v) is 11.8. The molecular formula is C13H10BrFO4. The normalized spacial score (nSPS) is 10.3. The maximum absolute atomic E-state index is 13.9. The summed E-state index contributed by atoms with van der Waals surface area (Å²) in [6.45, 7) is 0. The molecule has 2 aromatic rings. The Balaban J connectivity index is 2.47. The molecular weight excluding hydrogens is 319 g/mol. The Morgan fingerprint density at radius 2 is 1.84 bits per heavy atom. The van der Waals surface area contributed by atoms with Crippen LogP contribution in [-0.2, 0) is 0 Å². The van der Waals surface area contributed by atoms with Gasteiger partial charge in [0.05, 0.1) is 19.8 Å². The molecule has 0 bridgehead atoms. The Morgan fingerprint density at radius 3 is 2.37 bits per heavy atom. The molecule has 1 heterocycles. The molecule has 0 spiro atoms. The van der Waals surface area contributed by atoms with Crippen LogP contribution in [0.25, 0.3) is 0 Å². The van der Waals surface area contributed by atoms with E-state index in [9.17, 15) is 9.18 Å². The molecule has 2 rings (SSSR count). The van der Waals surface area contributed by atoms with Crippen molar-refractivity contribution in [3.05, 3.63) is 46.1 Å². The highest BCUT2D eigenvalue weighted by atomic mass is 79.9. The van der Waals surface area contributed by atoms with Crippen LogP contribution < -0.4 is 9.47 Å². The number of furan rings is 1. The minimum atomic E-state index is -0.699. The van der Waals surface area contributed by atoms with Gasteiger partial charge in [0.15, 0.2) is 21.9 Å². The van der Waals surface area contributed by atoms with Gasteiger partial charge in [0.1, 0.15) is 5.82 Å². The molecule has 100 valence electrons. The van der Waals surface area contributed by atoms with Crippen LogP contribution >= 0.6 is 15.9 Å². The first-order chi connectivity index (χ1) is 9.06. The van der Waals surface area contributed by atoms with Gasteiger partial charge in [-0.3, -0.25) is 4.79 Å². The monoisotopic (exact) mass is 328 g/mol. The van der Waals surface area contributed by atoms with E-state index in [-0.39, 0.29) is 22.8 Å². The molecule has 0 N–H and O–H groups in total. The zero-order valence-electron chi connectivity index (χ0n) is 10.2. The van der Waals surface area contributed by atoms with Gasteiger partial charge in [0.2, 0.25) is 5.78 Å². The van der Waals surface area contributed by atoms with Crippen LogP contribution in [0.2, 0.25) is 0 Å². The highest BCUT2D eigenvalue weighted by Crippen LogP contribution is 2.31. The van der Waals surface area contributed by atoms with Gasteiger partial charge in [0, 0.05) is 6.07 Å². The average molecular weight is 329 g/mol. The van der Waals surface area contributed by atoms with E-state index in [1.165, 1.54) is 26.4 Å². The standard InChI is InChI=1S/C13H10BrFO4/c1-17-10-5-7(8(15)6-11(10)18-2)13(16)9-3-4-12(14)19-9/h3-6H,1-2H3. The fourth-order valence-electron chi connectivity index (χ4n) is 1.60. The van der Waals surface area contributed by atoms with Crippen molar-refractivity contribution in [2.45, 2.75) is 0 Å². The van der Waals surface area contributed by atoms with Crippen molar-refractivity contribution in [3.63, 3.8) is 0 Å². The number of ether oxygens (including phenoxy) is 2. The largest absolute Gasteiger partial charge is 0.493 e. The molecule has 1 aromatic carbocycles. The second-order valence-electron chi connectivity index (χ2n) is 3.62. The van der Waals surface area contributed by atoms with Gasteiger partial charge >= 0.3 is 0 Å². The Bertz CT molecular complexity index is 621. The topological polar surface area (TPSA) is 48.7 Å². The Hall–Kier alpha value is -1.82. The van der Waals surface area contributed by atoms with E-state index in [4.69, 9.17) is 13.9 Å². The predicted octanol–water partition coefficient (Wildman–Crippen LogP) is 3.43. The average Bonchev–Trinajstić information content (AvgIpc) is 2.84. The summed E-state index contributed by atoms with van der Waals surface area (Å²) in [5.41, 5.74) is -0.139. The fourth-order valence-corrected chi connectivity index (χ4v) is 1.90. The molecule has 1 aromatic heterocycles. The van der Waals surface area contributed by atoms with Gasteiger partial charge in [-0.15, -0.1) is 0 Å².